The van der Waals surface area contributed by atoms with Gasteiger partial charge in [-0.25, -0.2) is 0 Å². The maximum atomic E-state index is 12.3. The second-order valence-electron chi connectivity index (χ2n) is 6.75. The van der Waals surface area contributed by atoms with Crippen molar-refractivity contribution in [1.82, 2.24) is 25.3 Å². The van der Waals surface area contributed by atoms with Crippen molar-refractivity contribution in [3.05, 3.63) is 65.8 Å². The van der Waals surface area contributed by atoms with Crippen molar-refractivity contribution in [3.8, 4) is 11.4 Å². The zero-order valence-electron chi connectivity index (χ0n) is 17.0. The van der Waals surface area contributed by atoms with E-state index in [0.717, 1.165) is 30.8 Å². The van der Waals surface area contributed by atoms with Crippen LogP contribution in [0.2, 0.25) is 0 Å². The third kappa shape index (κ3) is 5.96. The molecule has 1 amide bonds. The second-order valence-corrected chi connectivity index (χ2v) is 6.75. The summed E-state index contributed by atoms with van der Waals surface area (Å²) in [6.45, 7) is 7.73. The number of hydrogen-bond acceptors (Lipinski definition) is 6. The van der Waals surface area contributed by atoms with E-state index in [-0.39, 0.29) is 5.91 Å². The molecule has 2 aromatic heterocycles. The second kappa shape index (κ2) is 10.5. The topological polar surface area (TPSA) is 84.2 Å². The summed E-state index contributed by atoms with van der Waals surface area (Å²) < 4.78 is 5.25. The van der Waals surface area contributed by atoms with Crippen molar-refractivity contribution < 1.29 is 9.32 Å². The Bertz CT molecular complexity index is 906. The Balaban J connectivity index is 1.50. The fourth-order valence-corrected chi connectivity index (χ4v) is 3.05. The Morgan fingerprint density at radius 1 is 1.07 bits per heavy atom. The molecule has 0 spiro atoms. The summed E-state index contributed by atoms with van der Waals surface area (Å²) >= 11 is 0. The van der Waals surface area contributed by atoms with E-state index in [1.807, 2.05) is 24.3 Å². The molecule has 0 atom stereocenters. The first-order chi connectivity index (χ1) is 14.2. The number of hydrogen-bond donors (Lipinski definition) is 1. The molecule has 3 aromatic rings. The first-order valence-electron chi connectivity index (χ1n) is 9.98. The molecule has 1 N–H and O–H groups in total. The van der Waals surface area contributed by atoms with Crippen molar-refractivity contribution in [1.29, 1.82) is 0 Å². The molecule has 0 fully saturated rings. The van der Waals surface area contributed by atoms with Gasteiger partial charge in [-0.05, 0) is 36.3 Å². The lowest BCUT2D eigenvalue weighted by molar-refractivity contribution is -0.121. The summed E-state index contributed by atoms with van der Waals surface area (Å²) in [7, 11) is 0. The summed E-state index contributed by atoms with van der Waals surface area (Å²) in [5.41, 5.74) is 3.23. The first kappa shape index (κ1) is 20.7. The molecular weight excluding hydrogens is 366 g/mol. The number of benzene rings is 1. The van der Waals surface area contributed by atoms with E-state index in [0.29, 0.717) is 31.1 Å². The average Bonchev–Trinajstić information content (AvgIpc) is 3.25. The van der Waals surface area contributed by atoms with Crippen molar-refractivity contribution in [3.63, 3.8) is 0 Å². The van der Waals surface area contributed by atoms with Gasteiger partial charge in [-0.1, -0.05) is 43.3 Å². The van der Waals surface area contributed by atoms with Gasteiger partial charge in [-0.3, -0.25) is 14.7 Å². The fraction of sp³-hybridized carbons (Fsp3) is 0.364. The number of aryl methyl sites for hydroxylation is 1. The lowest BCUT2D eigenvalue weighted by Crippen LogP contribution is -2.26. The van der Waals surface area contributed by atoms with Gasteiger partial charge in [-0.15, -0.1) is 0 Å². The van der Waals surface area contributed by atoms with Crippen molar-refractivity contribution in [2.24, 2.45) is 0 Å². The molecule has 3 rings (SSSR count). The minimum Gasteiger partial charge on any atom is -0.352 e. The fourth-order valence-electron chi connectivity index (χ4n) is 3.05. The van der Waals surface area contributed by atoms with Crippen LogP contribution in [0.1, 0.15) is 37.3 Å². The largest absolute Gasteiger partial charge is 0.352 e. The molecule has 0 saturated heterocycles. The monoisotopic (exact) mass is 393 g/mol. The highest BCUT2D eigenvalue weighted by Crippen LogP contribution is 2.15. The van der Waals surface area contributed by atoms with Crippen LogP contribution in [0.15, 0.2) is 53.3 Å². The minimum atomic E-state index is -0.0358. The number of aromatic nitrogens is 3. The van der Waals surface area contributed by atoms with Gasteiger partial charge in [0, 0.05) is 43.9 Å². The van der Waals surface area contributed by atoms with E-state index in [2.05, 4.69) is 51.3 Å². The Labute approximate surface area is 171 Å². The van der Waals surface area contributed by atoms with Crippen molar-refractivity contribution >= 4 is 5.91 Å². The molecule has 1 aromatic carbocycles. The molecule has 0 bridgehead atoms. The van der Waals surface area contributed by atoms with Crippen LogP contribution in [-0.2, 0) is 24.3 Å². The Morgan fingerprint density at radius 2 is 1.79 bits per heavy atom. The number of pyridine rings is 1. The van der Waals surface area contributed by atoms with Crippen LogP contribution in [0.5, 0.6) is 0 Å². The minimum absolute atomic E-state index is 0.0358. The third-order valence-corrected chi connectivity index (χ3v) is 4.86. The third-order valence-electron chi connectivity index (χ3n) is 4.86. The number of carbonyl (C=O) groups excluding carboxylic acids is 1. The van der Waals surface area contributed by atoms with Gasteiger partial charge in [0.15, 0.2) is 0 Å². The highest BCUT2D eigenvalue weighted by atomic mass is 16.5. The Kier molecular flexibility index (Phi) is 7.47. The first-order valence-corrected chi connectivity index (χ1v) is 9.98. The quantitative estimate of drug-likeness (QED) is 0.569. The molecule has 7 heteroatoms. The van der Waals surface area contributed by atoms with Gasteiger partial charge in [0.1, 0.15) is 0 Å². The van der Waals surface area contributed by atoms with Crippen molar-refractivity contribution in [2.75, 3.05) is 13.1 Å². The highest BCUT2D eigenvalue weighted by molar-refractivity contribution is 5.76. The normalized spacial score (nSPS) is 11.0. The van der Waals surface area contributed by atoms with E-state index >= 15 is 0 Å². The smallest absolute Gasteiger partial charge is 0.227 e. The standard InChI is InChI=1S/C22H27N5O2/c1-3-27(4-2)16-19-8-6-5-7-18(19)15-24-20(28)9-10-21-25-22(26-29-21)17-11-13-23-14-12-17/h5-8,11-14H,3-4,9-10,15-16H2,1-2H3,(H,24,28). The van der Waals surface area contributed by atoms with E-state index in [1.165, 1.54) is 5.56 Å². The molecule has 0 aliphatic rings. The van der Waals surface area contributed by atoms with Crippen LogP contribution in [0.4, 0.5) is 0 Å². The number of amides is 1. The highest BCUT2D eigenvalue weighted by Gasteiger charge is 2.11. The van der Waals surface area contributed by atoms with Crippen LogP contribution in [0, 0.1) is 0 Å². The summed E-state index contributed by atoms with van der Waals surface area (Å²) in [5, 5.41) is 6.96. The summed E-state index contributed by atoms with van der Waals surface area (Å²) in [6.07, 6.45) is 4.06. The molecule has 29 heavy (non-hydrogen) atoms. The van der Waals surface area contributed by atoms with E-state index in [9.17, 15) is 4.79 Å². The molecule has 0 radical (unpaired) electrons. The van der Waals surface area contributed by atoms with Crippen molar-refractivity contribution in [2.45, 2.75) is 39.8 Å². The van der Waals surface area contributed by atoms with Gasteiger partial charge >= 0.3 is 0 Å². The SMILES string of the molecule is CCN(CC)Cc1ccccc1CNC(=O)CCc1nc(-c2ccncc2)no1. The van der Waals surface area contributed by atoms with Gasteiger partial charge < -0.3 is 9.84 Å². The van der Waals surface area contributed by atoms with Gasteiger partial charge in [-0.2, -0.15) is 4.98 Å². The Morgan fingerprint density at radius 3 is 2.52 bits per heavy atom. The molecule has 0 unspecified atom stereocenters. The van der Waals surface area contributed by atoms with Crippen LogP contribution in [0.25, 0.3) is 11.4 Å². The number of nitrogens with zero attached hydrogens (tertiary/aromatic N) is 4. The van der Waals surface area contributed by atoms with Crippen LogP contribution in [0.3, 0.4) is 0 Å². The average molecular weight is 393 g/mol. The van der Waals surface area contributed by atoms with E-state index in [4.69, 9.17) is 4.52 Å². The number of rotatable bonds is 10. The molecule has 2 heterocycles. The van der Waals surface area contributed by atoms with Crippen LogP contribution in [-0.4, -0.2) is 39.0 Å². The molecule has 0 aliphatic heterocycles. The lowest BCUT2D eigenvalue weighted by Gasteiger charge is -2.20. The molecule has 0 aliphatic carbocycles. The zero-order chi connectivity index (χ0) is 20.5. The van der Waals surface area contributed by atoms with E-state index in [1.54, 1.807) is 12.4 Å². The Hall–Kier alpha value is -3.06. The van der Waals surface area contributed by atoms with Gasteiger partial charge in [0.2, 0.25) is 17.6 Å². The molecule has 7 nitrogen and oxygen atoms in total. The molecular formula is C22H27N5O2. The predicted octanol–water partition coefficient (Wildman–Crippen LogP) is 3.22. The molecule has 152 valence electrons. The van der Waals surface area contributed by atoms with Gasteiger partial charge in [0.05, 0.1) is 0 Å². The summed E-state index contributed by atoms with van der Waals surface area (Å²) in [6, 6.07) is 11.9. The lowest BCUT2D eigenvalue weighted by atomic mass is 10.1. The predicted molar refractivity (Wildman–Crippen MR) is 111 cm³/mol. The van der Waals surface area contributed by atoms with Crippen LogP contribution < -0.4 is 5.32 Å². The maximum Gasteiger partial charge on any atom is 0.227 e. The number of carbonyl (C=O) groups is 1. The maximum absolute atomic E-state index is 12.3. The molecule has 0 saturated carbocycles. The van der Waals surface area contributed by atoms with E-state index < -0.39 is 0 Å². The number of nitrogens with one attached hydrogen (secondary N) is 1. The van der Waals surface area contributed by atoms with Crippen LogP contribution >= 0.6 is 0 Å². The zero-order valence-corrected chi connectivity index (χ0v) is 17.0. The summed E-state index contributed by atoms with van der Waals surface area (Å²) in [4.78, 5) is 23.0. The van der Waals surface area contributed by atoms with Gasteiger partial charge in [0.25, 0.3) is 0 Å². The summed E-state index contributed by atoms with van der Waals surface area (Å²) in [5.74, 6) is 0.924.